The highest BCUT2D eigenvalue weighted by molar-refractivity contribution is 6.50. The second kappa shape index (κ2) is 8.48. The fourth-order valence-corrected chi connectivity index (χ4v) is 2.24. The summed E-state index contributed by atoms with van der Waals surface area (Å²) in [6.07, 6.45) is 6.95. The maximum Gasteiger partial charge on any atom is 0.673 e. The summed E-state index contributed by atoms with van der Waals surface area (Å²) in [4.78, 5) is 24.7. The molecule has 0 saturated heterocycles. The number of hydrogen-bond acceptors (Lipinski definition) is 2. The van der Waals surface area contributed by atoms with Gasteiger partial charge >= 0.3 is 14.5 Å². The Bertz CT molecular complexity index is 814. The maximum atomic E-state index is 12.3. The van der Waals surface area contributed by atoms with Crippen LogP contribution in [0.5, 0.6) is 0 Å². The van der Waals surface area contributed by atoms with Crippen LogP contribution < -0.4 is 9.13 Å². The Hall–Kier alpha value is -2.79. The minimum atomic E-state index is -6.00. The molecule has 0 spiro atoms. The van der Waals surface area contributed by atoms with Gasteiger partial charge in [0.2, 0.25) is 11.6 Å². The molecular formula is C14H12B2F8N2O2. The van der Waals surface area contributed by atoms with Crippen LogP contribution in [0.2, 0.25) is 0 Å². The fraction of sp³-hybridized carbons (Fsp3) is 0.143. The lowest BCUT2D eigenvalue weighted by Gasteiger charge is -2.13. The number of halogens is 8. The van der Waals surface area contributed by atoms with E-state index in [1.165, 1.54) is 0 Å². The predicted molar refractivity (Wildman–Crippen MR) is 82.5 cm³/mol. The van der Waals surface area contributed by atoms with Crippen molar-refractivity contribution >= 4 is 26.1 Å². The van der Waals surface area contributed by atoms with E-state index in [1.807, 2.05) is 14.1 Å². The van der Waals surface area contributed by atoms with Gasteiger partial charge in [0.15, 0.2) is 24.8 Å². The monoisotopic (exact) mass is 414 g/mol. The van der Waals surface area contributed by atoms with Crippen LogP contribution in [-0.4, -0.2) is 26.1 Å². The smallest absolute Gasteiger partial charge is 0.418 e. The van der Waals surface area contributed by atoms with Crippen LogP contribution in [0.4, 0.5) is 34.5 Å². The van der Waals surface area contributed by atoms with E-state index in [9.17, 15) is 44.1 Å². The maximum absolute atomic E-state index is 12.3. The minimum Gasteiger partial charge on any atom is -0.418 e. The van der Waals surface area contributed by atoms with Crippen molar-refractivity contribution in [3.63, 3.8) is 0 Å². The van der Waals surface area contributed by atoms with Gasteiger partial charge in [0.25, 0.3) is 0 Å². The van der Waals surface area contributed by atoms with Crippen molar-refractivity contribution in [2.75, 3.05) is 0 Å². The molecule has 152 valence electrons. The lowest BCUT2D eigenvalue weighted by molar-refractivity contribution is -0.672. The number of aromatic nitrogens is 2. The van der Waals surface area contributed by atoms with Crippen molar-refractivity contribution in [2.24, 2.45) is 14.1 Å². The number of pyridine rings is 2. The second-order valence-corrected chi connectivity index (χ2v) is 5.52. The summed E-state index contributed by atoms with van der Waals surface area (Å²) in [6.45, 7) is 0. The average molecular weight is 414 g/mol. The zero-order valence-electron chi connectivity index (χ0n) is 14.4. The van der Waals surface area contributed by atoms with Gasteiger partial charge in [-0.1, -0.05) is 0 Å². The number of rotatable bonds is 0. The lowest BCUT2D eigenvalue weighted by atomic mass is 9.86. The number of ketones is 2. The summed E-state index contributed by atoms with van der Waals surface area (Å²) in [6, 6.07) is 3.40. The molecular weight excluding hydrogens is 402 g/mol. The first-order valence-electron chi connectivity index (χ1n) is 7.40. The van der Waals surface area contributed by atoms with E-state index in [4.69, 9.17) is 0 Å². The molecule has 0 bridgehead atoms. The van der Waals surface area contributed by atoms with Gasteiger partial charge < -0.3 is 34.5 Å². The Morgan fingerprint density at radius 2 is 0.857 bits per heavy atom. The van der Waals surface area contributed by atoms with Gasteiger partial charge in [-0.2, -0.15) is 0 Å². The van der Waals surface area contributed by atoms with E-state index in [0.717, 1.165) is 0 Å². The third-order valence-corrected chi connectivity index (χ3v) is 3.18. The van der Waals surface area contributed by atoms with Gasteiger partial charge in [-0.3, -0.25) is 9.59 Å². The quantitative estimate of drug-likeness (QED) is 0.323. The van der Waals surface area contributed by atoms with Crippen LogP contribution in [0, 0.1) is 0 Å². The standard InChI is InChI=1S/C14H12N2O2.2BF4/c1-15-5-3-9-11(7-15)13(17)10-4-6-16(2)8-12(10)14(9)18;2*2-1(3,4)5/h3-8H,1-2H3;;/q+2;2*-1. The first kappa shape index (κ1) is 23.2. The Morgan fingerprint density at radius 3 is 1.11 bits per heavy atom. The summed E-state index contributed by atoms with van der Waals surface area (Å²) in [5.74, 6) is -0.173. The van der Waals surface area contributed by atoms with E-state index in [2.05, 4.69) is 0 Å². The van der Waals surface area contributed by atoms with E-state index >= 15 is 0 Å². The molecule has 2 heterocycles. The van der Waals surface area contributed by atoms with Crippen LogP contribution in [-0.2, 0) is 14.1 Å². The molecule has 0 fully saturated rings. The van der Waals surface area contributed by atoms with E-state index in [1.54, 1.807) is 46.1 Å². The predicted octanol–water partition coefficient (Wildman–Crippen LogP) is 2.71. The molecule has 14 heteroatoms. The third kappa shape index (κ3) is 7.45. The molecule has 0 aliphatic heterocycles. The van der Waals surface area contributed by atoms with Crippen molar-refractivity contribution in [2.45, 2.75) is 0 Å². The molecule has 0 radical (unpaired) electrons. The SMILES string of the molecule is C[n+]1ccc2c(c1)C(=O)c1cc[n+](C)cc1C2=O.F[B-](F)(F)F.F[B-](F)(F)F. The molecule has 0 saturated carbocycles. The van der Waals surface area contributed by atoms with Crippen molar-refractivity contribution < 1.29 is 53.2 Å². The average Bonchev–Trinajstić information content (AvgIpc) is 2.49. The molecule has 4 nitrogen and oxygen atoms in total. The van der Waals surface area contributed by atoms with Crippen molar-refractivity contribution in [3.05, 3.63) is 59.2 Å². The molecule has 0 unspecified atom stereocenters. The molecule has 1 aliphatic carbocycles. The Labute approximate surface area is 153 Å². The number of nitrogens with zero attached hydrogens (tertiary/aromatic N) is 2. The van der Waals surface area contributed by atoms with E-state index < -0.39 is 14.5 Å². The van der Waals surface area contributed by atoms with E-state index in [0.29, 0.717) is 22.3 Å². The van der Waals surface area contributed by atoms with Gasteiger partial charge in [-0.05, 0) is 0 Å². The number of hydrogen-bond donors (Lipinski definition) is 0. The lowest BCUT2D eigenvalue weighted by Crippen LogP contribution is -2.35. The van der Waals surface area contributed by atoms with Gasteiger partial charge in [0, 0.05) is 23.3 Å². The molecule has 0 atom stereocenters. The number of carbonyl (C=O) groups is 2. The topological polar surface area (TPSA) is 41.9 Å². The largest absolute Gasteiger partial charge is 0.673 e. The van der Waals surface area contributed by atoms with Gasteiger partial charge in [0.05, 0.1) is 11.1 Å². The highest BCUT2D eigenvalue weighted by atomic mass is 19.5. The molecule has 0 amide bonds. The minimum absolute atomic E-state index is 0.0867. The van der Waals surface area contributed by atoms with Crippen LogP contribution in [0.25, 0.3) is 0 Å². The van der Waals surface area contributed by atoms with Gasteiger partial charge in [-0.25, -0.2) is 9.13 Å². The third-order valence-electron chi connectivity index (χ3n) is 3.18. The summed E-state index contributed by atoms with van der Waals surface area (Å²) in [7, 11) is -8.34. The molecule has 2 aromatic heterocycles. The van der Waals surface area contributed by atoms with Crippen molar-refractivity contribution in [1.82, 2.24) is 0 Å². The fourth-order valence-electron chi connectivity index (χ4n) is 2.24. The van der Waals surface area contributed by atoms with Crippen molar-refractivity contribution in [3.8, 4) is 0 Å². The van der Waals surface area contributed by atoms with Crippen LogP contribution in [0.1, 0.15) is 31.8 Å². The molecule has 3 rings (SSSR count). The van der Waals surface area contributed by atoms with Gasteiger partial charge in [0.1, 0.15) is 14.1 Å². The van der Waals surface area contributed by atoms with Crippen LogP contribution in [0.15, 0.2) is 36.9 Å². The van der Waals surface area contributed by atoms with Crippen LogP contribution >= 0.6 is 0 Å². The zero-order chi connectivity index (χ0) is 21.9. The summed E-state index contributed by atoms with van der Waals surface area (Å²) >= 11 is 0. The first-order chi connectivity index (χ1) is 12.6. The first-order valence-corrected chi connectivity index (χ1v) is 7.40. The van der Waals surface area contributed by atoms with Gasteiger partial charge in [-0.15, -0.1) is 0 Å². The molecule has 0 N–H and O–H groups in total. The second-order valence-electron chi connectivity index (χ2n) is 5.52. The van der Waals surface area contributed by atoms with E-state index in [-0.39, 0.29) is 11.6 Å². The number of aryl methyl sites for hydroxylation is 2. The molecule has 0 aromatic carbocycles. The molecule has 1 aliphatic rings. The Balaban J connectivity index is 0.000000329. The summed E-state index contributed by atoms with van der Waals surface area (Å²) in [5.41, 5.74) is 1.92. The number of fused-ring (bicyclic) bond motifs is 2. The molecule has 28 heavy (non-hydrogen) atoms. The highest BCUT2D eigenvalue weighted by Crippen LogP contribution is 2.24. The highest BCUT2D eigenvalue weighted by Gasteiger charge is 2.33. The Morgan fingerprint density at radius 1 is 0.607 bits per heavy atom. The summed E-state index contributed by atoms with van der Waals surface area (Å²) < 4.78 is 81.6. The Kier molecular flexibility index (Phi) is 7.04. The summed E-state index contributed by atoms with van der Waals surface area (Å²) in [5, 5.41) is 0. The zero-order valence-corrected chi connectivity index (χ0v) is 14.4. The number of carbonyl (C=O) groups excluding carboxylic acids is 2. The van der Waals surface area contributed by atoms with Crippen molar-refractivity contribution in [1.29, 1.82) is 0 Å². The van der Waals surface area contributed by atoms with Crippen LogP contribution in [0.3, 0.4) is 0 Å². The molecule has 2 aromatic rings. The normalized spacial score (nSPS) is 12.8.